The molecule has 1 unspecified atom stereocenters. The molecule has 0 aliphatic heterocycles. The highest BCUT2D eigenvalue weighted by Gasteiger charge is 2.19. The zero-order valence-corrected chi connectivity index (χ0v) is 50.8. The lowest BCUT2D eigenvalue weighted by Gasteiger charge is -2.18. The fourth-order valence-electron chi connectivity index (χ4n) is 8.34. The van der Waals surface area contributed by atoms with E-state index in [0.29, 0.717) is 19.3 Å². The number of ether oxygens (including phenoxy) is 3. The topological polar surface area (TPSA) is 78.9 Å². The van der Waals surface area contributed by atoms with E-state index in [1.54, 1.807) is 0 Å². The number of carbonyl (C=O) groups is 3. The lowest BCUT2D eigenvalue weighted by atomic mass is 10.0. The van der Waals surface area contributed by atoms with E-state index < -0.39 is 6.10 Å². The lowest BCUT2D eigenvalue weighted by Crippen LogP contribution is -2.30. The van der Waals surface area contributed by atoms with Gasteiger partial charge in [0.2, 0.25) is 0 Å². The minimum atomic E-state index is -0.819. The van der Waals surface area contributed by atoms with Crippen LogP contribution in [0, 0.1) is 0 Å². The molecule has 0 rings (SSSR count). The maximum Gasteiger partial charge on any atom is 0.306 e. The Morgan fingerprint density at radius 2 is 0.468 bits per heavy atom. The molecule has 0 fully saturated rings. The monoisotopic (exact) mass is 1090 g/mol. The number of rotatable bonds is 56. The summed E-state index contributed by atoms with van der Waals surface area (Å²) < 4.78 is 16.9. The van der Waals surface area contributed by atoms with Crippen molar-refractivity contribution in [3.8, 4) is 0 Å². The fraction of sp³-hybridized carbons (Fsp3) is 0.603. The number of esters is 3. The first-order chi connectivity index (χ1) is 39.0. The van der Waals surface area contributed by atoms with E-state index in [0.717, 1.165) is 141 Å². The van der Waals surface area contributed by atoms with Gasteiger partial charge in [-0.05, 0) is 135 Å². The van der Waals surface area contributed by atoms with Gasteiger partial charge in [0.15, 0.2) is 6.10 Å². The normalized spacial score (nSPS) is 13.2. The van der Waals surface area contributed by atoms with Crippen molar-refractivity contribution in [2.45, 2.75) is 271 Å². The second-order valence-corrected chi connectivity index (χ2v) is 20.5. The van der Waals surface area contributed by atoms with Gasteiger partial charge in [-0.1, -0.05) is 269 Å². The van der Waals surface area contributed by atoms with Crippen molar-refractivity contribution in [2.24, 2.45) is 0 Å². The van der Waals surface area contributed by atoms with Crippen LogP contribution in [0.1, 0.15) is 265 Å². The maximum atomic E-state index is 12.9. The lowest BCUT2D eigenvalue weighted by molar-refractivity contribution is -0.167. The summed E-state index contributed by atoms with van der Waals surface area (Å²) in [6.07, 6.45) is 95.4. The quantitative estimate of drug-likeness (QED) is 0.0261. The summed E-state index contributed by atoms with van der Waals surface area (Å²) in [5.41, 5.74) is 0. The summed E-state index contributed by atoms with van der Waals surface area (Å²) >= 11 is 0. The van der Waals surface area contributed by atoms with Crippen molar-refractivity contribution in [3.05, 3.63) is 158 Å². The summed E-state index contributed by atoms with van der Waals surface area (Å²) in [6, 6.07) is 0. The summed E-state index contributed by atoms with van der Waals surface area (Å²) in [5.74, 6) is -0.987. The number of hydrogen-bond acceptors (Lipinski definition) is 6. The molecule has 0 bridgehead atoms. The molecule has 0 N–H and O–H groups in total. The molecule has 0 spiro atoms. The average Bonchev–Trinajstić information content (AvgIpc) is 3.45. The van der Waals surface area contributed by atoms with Crippen LogP contribution >= 0.6 is 0 Å². The predicted octanol–water partition coefficient (Wildman–Crippen LogP) is 22.1. The largest absolute Gasteiger partial charge is 0.462 e. The third kappa shape index (κ3) is 63.7. The van der Waals surface area contributed by atoms with E-state index in [1.807, 2.05) is 0 Å². The van der Waals surface area contributed by atoms with Crippen molar-refractivity contribution in [1.29, 1.82) is 0 Å². The molecule has 0 aromatic rings. The number of hydrogen-bond donors (Lipinski definition) is 0. The molecule has 0 heterocycles. The third-order valence-corrected chi connectivity index (χ3v) is 13.0. The molecular weight excluding hydrogens is 973 g/mol. The Hall–Kier alpha value is -4.97. The minimum absolute atomic E-state index is 0.109. The van der Waals surface area contributed by atoms with Gasteiger partial charge in [0.1, 0.15) is 13.2 Å². The van der Waals surface area contributed by atoms with Crippen LogP contribution in [0.25, 0.3) is 0 Å². The average molecular weight is 1090 g/mol. The van der Waals surface area contributed by atoms with Crippen molar-refractivity contribution in [3.63, 3.8) is 0 Å². The second-order valence-electron chi connectivity index (χ2n) is 20.5. The minimum Gasteiger partial charge on any atom is -0.462 e. The number of unbranched alkanes of at least 4 members (excludes halogenated alkanes) is 19. The summed E-state index contributed by atoms with van der Waals surface area (Å²) in [6.45, 7) is 6.24. The smallest absolute Gasteiger partial charge is 0.306 e. The van der Waals surface area contributed by atoms with E-state index in [4.69, 9.17) is 14.2 Å². The third-order valence-electron chi connectivity index (χ3n) is 13.0. The summed E-state index contributed by atoms with van der Waals surface area (Å²) in [5, 5.41) is 0. The highest BCUT2D eigenvalue weighted by atomic mass is 16.6. The molecule has 0 aliphatic carbocycles. The van der Waals surface area contributed by atoms with Gasteiger partial charge < -0.3 is 14.2 Å². The number of carbonyl (C=O) groups excluding carboxylic acids is 3. The van der Waals surface area contributed by atoms with E-state index in [2.05, 4.69) is 179 Å². The van der Waals surface area contributed by atoms with Gasteiger partial charge in [0.25, 0.3) is 0 Å². The Bertz CT molecular complexity index is 1780. The van der Waals surface area contributed by atoms with E-state index >= 15 is 0 Å². The van der Waals surface area contributed by atoms with Gasteiger partial charge in [-0.3, -0.25) is 14.4 Å². The SMILES string of the molecule is CC/C=C\C/C=C\C/C=C\C/C=C\C/C=C\CCCC(=O)OCC(COC(=O)CCCCCCCCCCCCCC/C=C\C/C=C\C/C=C\C/C=C\CC)OC(=O)CCCCCCCC/C=C\C/C=C\C/C=C\C/C=C\CC. The molecule has 79 heavy (non-hydrogen) atoms. The molecule has 6 nitrogen and oxygen atoms in total. The molecule has 0 aliphatic rings. The molecule has 0 amide bonds. The van der Waals surface area contributed by atoms with Crippen molar-refractivity contribution in [2.75, 3.05) is 13.2 Å². The van der Waals surface area contributed by atoms with E-state index in [-0.39, 0.29) is 37.5 Å². The van der Waals surface area contributed by atoms with Crippen molar-refractivity contribution in [1.82, 2.24) is 0 Å². The van der Waals surface area contributed by atoms with Gasteiger partial charge in [-0.25, -0.2) is 0 Å². The Morgan fingerprint density at radius 1 is 0.253 bits per heavy atom. The predicted molar refractivity (Wildman–Crippen MR) is 343 cm³/mol. The molecule has 0 saturated carbocycles. The van der Waals surface area contributed by atoms with Crippen LogP contribution < -0.4 is 0 Å². The zero-order chi connectivity index (χ0) is 57.1. The summed E-state index contributed by atoms with van der Waals surface area (Å²) in [7, 11) is 0. The Labute approximate surface area is 486 Å². The van der Waals surface area contributed by atoms with Crippen LogP contribution in [0.2, 0.25) is 0 Å². The van der Waals surface area contributed by atoms with Crippen LogP contribution in [0.3, 0.4) is 0 Å². The van der Waals surface area contributed by atoms with Crippen LogP contribution in [-0.4, -0.2) is 37.2 Å². The van der Waals surface area contributed by atoms with E-state index in [1.165, 1.54) is 77.0 Å². The molecule has 0 saturated heterocycles. The number of allylic oxidation sites excluding steroid dienone is 26. The van der Waals surface area contributed by atoms with Gasteiger partial charge in [0, 0.05) is 19.3 Å². The second kappa shape index (κ2) is 65.5. The van der Waals surface area contributed by atoms with Crippen LogP contribution in [0.15, 0.2) is 158 Å². The highest BCUT2D eigenvalue weighted by Crippen LogP contribution is 2.15. The fourth-order valence-corrected chi connectivity index (χ4v) is 8.34. The molecule has 0 aromatic carbocycles. The molecule has 0 radical (unpaired) electrons. The van der Waals surface area contributed by atoms with Crippen molar-refractivity contribution < 1.29 is 28.6 Å². The molecule has 0 aromatic heterocycles. The van der Waals surface area contributed by atoms with Crippen LogP contribution in [0.4, 0.5) is 0 Å². The zero-order valence-electron chi connectivity index (χ0n) is 50.8. The van der Waals surface area contributed by atoms with E-state index in [9.17, 15) is 14.4 Å². The highest BCUT2D eigenvalue weighted by molar-refractivity contribution is 5.71. The molecular formula is C73H116O6. The standard InChI is InChI=1S/C73H116O6/c1-4-7-10-13-16-19-22-25-28-31-33-34-35-36-37-38-40-42-45-48-51-54-57-60-63-66-72(75)78-69-70(68-77-71(74)65-62-59-56-53-50-47-44-41-30-27-24-21-18-15-12-9-6-3)79-73(76)67-64-61-58-55-52-49-46-43-39-32-29-26-23-20-17-14-11-8-5-2/h7-12,16-21,25-30,33-34,39,43-44,47,53,56,70H,4-6,13-15,22-24,31-32,35-38,40-42,45-46,48-52,54-55,57-69H2,1-3H3/b10-7-,11-8-,12-9-,19-16-,20-17-,21-18-,28-25-,29-26-,30-27-,34-33-,43-39-,47-44-,56-53-. The molecule has 1 atom stereocenters. The molecule has 444 valence electrons. The first-order valence-electron chi connectivity index (χ1n) is 32.0. The first kappa shape index (κ1) is 74.0. The van der Waals surface area contributed by atoms with Crippen LogP contribution in [-0.2, 0) is 28.6 Å². The van der Waals surface area contributed by atoms with Gasteiger partial charge in [-0.2, -0.15) is 0 Å². The Morgan fingerprint density at radius 3 is 0.759 bits per heavy atom. The Kier molecular flexibility index (Phi) is 61.4. The summed E-state index contributed by atoms with van der Waals surface area (Å²) in [4.78, 5) is 38.3. The van der Waals surface area contributed by atoms with Gasteiger partial charge in [-0.15, -0.1) is 0 Å². The molecule has 6 heteroatoms. The van der Waals surface area contributed by atoms with Gasteiger partial charge in [0.05, 0.1) is 0 Å². The van der Waals surface area contributed by atoms with Gasteiger partial charge >= 0.3 is 17.9 Å². The maximum absolute atomic E-state index is 12.9. The first-order valence-corrected chi connectivity index (χ1v) is 32.0. The Balaban J connectivity index is 4.46. The van der Waals surface area contributed by atoms with Crippen molar-refractivity contribution >= 4 is 17.9 Å². The van der Waals surface area contributed by atoms with Crippen LogP contribution in [0.5, 0.6) is 0 Å².